The molecule has 0 rings (SSSR count). The van der Waals surface area contributed by atoms with E-state index in [9.17, 15) is 26.3 Å². The Balaban J connectivity index is 5.03. The van der Waals surface area contributed by atoms with Gasteiger partial charge in [-0.05, 0) is 6.42 Å². The topological polar surface area (TPSA) is 20.2 Å². The zero-order chi connectivity index (χ0) is 11.6. The summed E-state index contributed by atoms with van der Waals surface area (Å²) in [7, 11) is 0. The minimum atomic E-state index is -5.16. The maximum absolute atomic E-state index is 12.0. The zero-order valence-electron chi connectivity index (χ0n) is 7.08. The van der Waals surface area contributed by atoms with E-state index in [-0.39, 0.29) is 0 Å². The van der Waals surface area contributed by atoms with Gasteiger partial charge < -0.3 is 5.11 Å². The van der Waals surface area contributed by atoms with Crippen LogP contribution in [0, 0.1) is 0 Å². The summed E-state index contributed by atoms with van der Waals surface area (Å²) < 4.78 is 70.8. The van der Waals surface area contributed by atoms with Crippen LogP contribution in [0.25, 0.3) is 0 Å². The number of allylic oxidation sites excluding steroid dienone is 1. The lowest BCUT2D eigenvalue weighted by Gasteiger charge is -2.17. The number of hydrogen-bond acceptors (Lipinski definition) is 1. The Hall–Kier alpha value is -0.720. The second-order valence-electron chi connectivity index (χ2n) is 2.56. The highest BCUT2D eigenvalue weighted by atomic mass is 19.4. The predicted octanol–water partition coefficient (Wildman–Crippen LogP) is 2.81. The van der Waals surface area contributed by atoms with Gasteiger partial charge in [0.1, 0.15) is 0 Å². The molecule has 0 aliphatic rings. The molecule has 7 heteroatoms. The molecule has 14 heavy (non-hydrogen) atoms. The molecule has 0 aliphatic carbocycles. The van der Waals surface area contributed by atoms with Gasteiger partial charge in [-0.2, -0.15) is 26.3 Å². The lowest BCUT2D eigenvalue weighted by Crippen LogP contribution is -2.26. The molecular formula is C7H8F6O. The number of rotatable bonds is 2. The summed E-state index contributed by atoms with van der Waals surface area (Å²) in [5, 5.41) is 8.73. The Morgan fingerprint density at radius 3 is 1.86 bits per heavy atom. The normalized spacial score (nSPS) is 17.0. The van der Waals surface area contributed by atoms with Crippen LogP contribution in [0.3, 0.4) is 0 Å². The van der Waals surface area contributed by atoms with Gasteiger partial charge in [0, 0.05) is 6.08 Å². The number of aliphatic hydroxyl groups is 1. The monoisotopic (exact) mass is 222 g/mol. The first-order valence-electron chi connectivity index (χ1n) is 3.62. The number of aliphatic hydroxyl groups excluding tert-OH is 1. The number of hydrogen-bond donors (Lipinski definition) is 1. The first-order chi connectivity index (χ1) is 6.08. The van der Waals surface area contributed by atoms with Gasteiger partial charge in [0.15, 0.2) is 0 Å². The number of halogens is 6. The van der Waals surface area contributed by atoms with Crippen LogP contribution < -0.4 is 0 Å². The fourth-order valence-electron chi connectivity index (χ4n) is 0.763. The highest BCUT2D eigenvalue weighted by Crippen LogP contribution is 2.33. The zero-order valence-corrected chi connectivity index (χ0v) is 7.08. The van der Waals surface area contributed by atoms with Crippen LogP contribution in [0.5, 0.6) is 0 Å². The fraction of sp³-hybridized carbons (Fsp3) is 0.714. The molecule has 0 saturated heterocycles. The summed E-state index contributed by atoms with van der Waals surface area (Å²) in [6.07, 6.45) is -13.7. The van der Waals surface area contributed by atoms with Gasteiger partial charge in [-0.3, -0.25) is 0 Å². The summed E-state index contributed by atoms with van der Waals surface area (Å²) in [5.74, 6) is 0. The molecule has 0 aromatic carbocycles. The Kier molecular flexibility index (Phi) is 3.99. The third-order valence-corrected chi connectivity index (χ3v) is 1.39. The SMILES string of the molecule is CCC(O)/C(=C\C(F)(F)F)C(F)(F)F. The highest BCUT2D eigenvalue weighted by molar-refractivity contribution is 5.16. The smallest absolute Gasteiger partial charge is 0.388 e. The Morgan fingerprint density at radius 2 is 1.64 bits per heavy atom. The maximum atomic E-state index is 12.0. The molecule has 0 bridgehead atoms. The van der Waals surface area contributed by atoms with Crippen LogP contribution in [0.15, 0.2) is 11.6 Å². The first kappa shape index (κ1) is 13.3. The van der Waals surface area contributed by atoms with Crippen molar-refractivity contribution in [1.82, 2.24) is 0 Å². The van der Waals surface area contributed by atoms with Crippen molar-refractivity contribution in [2.75, 3.05) is 0 Å². The molecule has 0 radical (unpaired) electrons. The van der Waals surface area contributed by atoms with Gasteiger partial charge in [-0.15, -0.1) is 0 Å². The molecule has 0 saturated carbocycles. The molecule has 0 aromatic heterocycles. The molecule has 0 aromatic rings. The minimum Gasteiger partial charge on any atom is -0.388 e. The van der Waals surface area contributed by atoms with Crippen molar-refractivity contribution >= 4 is 0 Å². The van der Waals surface area contributed by atoms with E-state index in [1.165, 1.54) is 0 Å². The summed E-state index contributed by atoms with van der Waals surface area (Å²) in [6.45, 7) is 1.15. The Labute approximate surface area is 76.0 Å². The molecule has 1 nitrogen and oxygen atoms in total. The van der Waals surface area contributed by atoms with Crippen molar-refractivity contribution in [1.29, 1.82) is 0 Å². The lowest BCUT2D eigenvalue weighted by atomic mass is 10.1. The predicted molar refractivity (Wildman–Crippen MR) is 36.5 cm³/mol. The number of alkyl halides is 6. The molecule has 0 fully saturated rings. The average Bonchev–Trinajstić information content (AvgIpc) is 1.95. The molecule has 1 N–H and O–H groups in total. The lowest BCUT2D eigenvalue weighted by molar-refractivity contribution is -0.118. The van der Waals surface area contributed by atoms with E-state index in [0.29, 0.717) is 0 Å². The fourth-order valence-corrected chi connectivity index (χ4v) is 0.763. The first-order valence-corrected chi connectivity index (χ1v) is 3.62. The average molecular weight is 222 g/mol. The van der Waals surface area contributed by atoms with E-state index in [1.54, 1.807) is 0 Å². The summed E-state index contributed by atoms with van der Waals surface area (Å²) in [6, 6.07) is 0. The van der Waals surface area contributed by atoms with Crippen molar-refractivity contribution in [2.45, 2.75) is 31.8 Å². The Bertz CT molecular complexity index is 213. The third kappa shape index (κ3) is 4.50. The largest absolute Gasteiger partial charge is 0.415 e. The minimum absolute atomic E-state index is 0.429. The van der Waals surface area contributed by atoms with E-state index in [4.69, 9.17) is 5.11 Å². The van der Waals surface area contributed by atoms with Crippen LogP contribution in [0.4, 0.5) is 26.3 Å². The van der Waals surface area contributed by atoms with Crippen molar-refractivity contribution in [3.8, 4) is 0 Å². The van der Waals surface area contributed by atoms with Crippen LogP contribution >= 0.6 is 0 Å². The van der Waals surface area contributed by atoms with Gasteiger partial charge in [0.25, 0.3) is 0 Å². The van der Waals surface area contributed by atoms with E-state index in [1.807, 2.05) is 0 Å². The Morgan fingerprint density at radius 1 is 1.21 bits per heavy atom. The molecule has 0 amide bonds. The molecule has 84 valence electrons. The maximum Gasteiger partial charge on any atom is 0.415 e. The van der Waals surface area contributed by atoms with Crippen molar-refractivity contribution in [2.24, 2.45) is 0 Å². The molecular weight excluding hydrogens is 214 g/mol. The molecule has 0 heterocycles. The third-order valence-electron chi connectivity index (χ3n) is 1.39. The van der Waals surface area contributed by atoms with Gasteiger partial charge in [-0.25, -0.2) is 0 Å². The van der Waals surface area contributed by atoms with Gasteiger partial charge >= 0.3 is 12.4 Å². The van der Waals surface area contributed by atoms with E-state index >= 15 is 0 Å². The standard InChI is InChI=1S/C7H8F6O/c1-2-5(14)4(7(11,12)13)3-6(8,9)10/h3,5,14H,2H2,1H3/b4-3+. The van der Waals surface area contributed by atoms with Gasteiger partial charge in [0.2, 0.25) is 0 Å². The summed E-state index contributed by atoms with van der Waals surface area (Å²) in [5.41, 5.74) is -1.97. The highest BCUT2D eigenvalue weighted by Gasteiger charge is 2.41. The van der Waals surface area contributed by atoms with E-state index in [0.717, 1.165) is 6.92 Å². The van der Waals surface area contributed by atoms with Crippen LogP contribution in [-0.2, 0) is 0 Å². The summed E-state index contributed by atoms with van der Waals surface area (Å²) >= 11 is 0. The van der Waals surface area contributed by atoms with Crippen LogP contribution in [-0.4, -0.2) is 23.6 Å². The van der Waals surface area contributed by atoms with Gasteiger partial charge in [-0.1, -0.05) is 6.92 Å². The second-order valence-corrected chi connectivity index (χ2v) is 2.56. The molecule has 1 unspecified atom stereocenters. The van der Waals surface area contributed by atoms with Crippen molar-refractivity contribution in [3.05, 3.63) is 11.6 Å². The second kappa shape index (κ2) is 4.20. The van der Waals surface area contributed by atoms with Gasteiger partial charge in [0.05, 0.1) is 11.7 Å². The van der Waals surface area contributed by atoms with Crippen molar-refractivity contribution < 1.29 is 31.4 Å². The molecule has 0 aliphatic heterocycles. The van der Waals surface area contributed by atoms with E-state index < -0.39 is 36.5 Å². The molecule has 1 atom stereocenters. The van der Waals surface area contributed by atoms with E-state index in [2.05, 4.69) is 0 Å². The molecule has 0 spiro atoms. The van der Waals surface area contributed by atoms with Crippen molar-refractivity contribution in [3.63, 3.8) is 0 Å². The quantitative estimate of drug-likeness (QED) is 0.562. The van der Waals surface area contributed by atoms with Crippen LogP contribution in [0.1, 0.15) is 13.3 Å². The van der Waals surface area contributed by atoms with Crippen LogP contribution in [0.2, 0.25) is 0 Å². The summed E-state index contributed by atoms with van der Waals surface area (Å²) in [4.78, 5) is 0.